The molecule has 1 aromatic carbocycles. The first-order valence-electron chi connectivity index (χ1n) is 8.55. The van der Waals surface area contributed by atoms with E-state index < -0.39 is 17.8 Å². The van der Waals surface area contributed by atoms with E-state index in [1.165, 1.54) is 30.6 Å². The third-order valence-electron chi connectivity index (χ3n) is 4.15. The highest BCUT2D eigenvalue weighted by Crippen LogP contribution is 2.29. The number of nitrogens with two attached hydrogens (primary N) is 2. The maximum Gasteiger partial charge on any atom is 0.433 e. The van der Waals surface area contributed by atoms with Crippen LogP contribution in [0.2, 0.25) is 0 Å². The fraction of sp³-hybridized carbons (Fsp3) is 0.100. The van der Waals surface area contributed by atoms with Gasteiger partial charge < -0.3 is 21.4 Å². The number of amides is 1. The monoisotopic (exact) mass is 401 g/mol. The van der Waals surface area contributed by atoms with Crippen LogP contribution in [0.4, 0.5) is 18.9 Å². The van der Waals surface area contributed by atoms with E-state index in [2.05, 4.69) is 10.3 Å². The van der Waals surface area contributed by atoms with Crippen LogP contribution in [0.1, 0.15) is 11.3 Å². The van der Waals surface area contributed by atoms with Crippen LogP contribution in [0.25, 0.3) is 10.9 Å². The number of para-hydroxylation sites is 1. The molecular weight excluding hydrogens is 383 g/mol. The SMILES string of the molecule is N/C=C\C=C(/N)C(=O)Nc1cn(Cc2ccc(C(F)(F)F)nc2)c2ccccc12. The van der Waals surface area contributed by atoms with Crippen molar-refractivity contribution >= 4 is 22.5 Å². The minimum Gasteiger partial charge on any atom is -0.405 e. The van der Waals surface area contributed by atoms with Crippen molar-refractivity contribution in [3.05, 3.63) is 84.1 Å². The van der Waals surface area contributed by atoms with Gasteiger partial charge in [0.25, 0.3) is 5.91 Å². The van der Waals surface area contributed by atoms with Crippen molar-refractivity contribution in [2.24, 2.45) is 11.5 Å². The molecule has 0 radical (unpaired) electrons. The molecule has 0 aliphatic heterocycles. The zero-order valence-corrected chi connectivity index (χ0v) is 15.1. The van der Waals surface area contributed by atoms with E-state index in [4.69, 9.17) is 11.5 Å². The Morgan fingerprint density at radius 3 is 2.62 bits per heavy atom. The summed E-state index contributed by atoms with van der Waals surface area (Å²) in [5.41, 5.74) is 11.9. The number of pyridine rings is 1. The molecule has 0 unspecified atom stereocenters. The minimum atomic E-state index is -4.48. The Labute approximate surface area is 164 Å². The molecule has 0 atom stereocenters. The van der Waals surface area contributed by atoms with Gasteiger partial charge in [-0.15, -0.1) is 0 Å². The fourth-order valence-electron chi connectivity index (χ4n) is 2.79. The van der Waals surface area contributed by atoms with E-state index in [9.17, 15) is 18.0 Å². The van der Waals surface area contributed by atoms with Gasteiger partial charge in [0, 0.05) is 24.3 Å². The first-order valence-corrected chi connectivity index (χ1v) is 8.55. The molecule has 2 heterocycles. The van der Waals surface area contributed by atoms with Gasteiger partial charge in [0.05, 0.1) is 16.9 Å². The first kappa shape index (κ1) is 20.0. The summed E-state index contributed by atoms with van der Waals surface area (Å²) >= 11 is 0. The third-order valence-corrected chi connectivity index (χ3v) is 4.15. The zero-order chi connectivity index (χ0) is 21.0. The minimum absolute atomic E-state index is 0.0181. The maximum atomic E-state index is 12.7. The topological polar surface area (TPSA) is 99.0 Å². The molecule has 0 aliphatic rings. The molecule has 29 heavy (non-hydrogen) atoms. The smallest absolute Gasteiger partial charge is 0.405 e. The molecule has 2 aromatic heterocycles. The second kappa shape index (κ2) is 8.09. The van der Waals surface area contributed by atoms with Crippen LogP contribution in [0.15, 0.2) is 72.8 Å². The van der Waals surface area contributed by atoms with E-state index in [0.717, 1.165) is 17.0 Å². The highest BCUT2D eigenvalue weighted by molar-refractivity contribution is 6.08. The number of anilines is 1. The van der Waals surface area contributed by atoms with Crippen molar-refractivity contribution in [1.29, 1.82) is 0 Å². The number of nitrogens with zero attached hydrogens (tertiary/aromatic N) is 2. The van der Waals surface area contributed by atoms with Crippen LogP contribution in [0.3, 0.4) is 0 Å². The van der Waals surface area contributed by atoms with Gasteiger partial charge in [-0.25, -0.2) is 0 Å². The Hall–Kier alpha value is -3.75. The van der Waals surface area contributed by atoms with Gasteiger partial charge in [0.1, 0.15) is 5.69 Å². The van der Waals surface area contributed by atoms with E-state index in [1.54, 1.807) is 6.20 Å². The molecule has 1 amide bonds. The Bertz CT molecular complexity index is 1080. The quantitative estimate of drug-likeness (QED) is 0.451. The lowest BCUT2D eigenvalue weighted by atomic mass is 10.2. The van der Waals surface area contributed by atoms with Crippen molar-refractivity contribution in [3.63, 3.8) is 0 Å². The number of allylic oxidation sites excluding steroid dienone is 2. The number of alkyl halides is 3. The molecule has 0 bridgehead atoms. The molecule has 3 rings (SSSR count). The van der Waals surface area contributed by atoms with Gasteiger partial charge in [-0.1, -0.05) is 24.3 Å². The van der Waals surface area contributed by atoms with Crippen LogP contribution < -0.4 is 16.8 Å². The molecule has 9 heteroatoms. The number of carbonyl (C=O) groups is 1. The zero-order valence-electron chi connectivity index (χ0n) is 15.1. The largest absolute Gasteiger partial charge is 0.433 e. The molecule has 0 saturated heterocycles. The lowest BCUT2D eigenvalue weighted by Crippen LogP contribution is -2.19. The Kier molecular flexibility index (Phi) is 5.58. The summed E-state index contributed by atoms with van der Waals surface area (Å²) in [6.07, 6.45) is 2.48. The number of fused-ring (bicyclic) bond motifs is 1. The Morgan fingerprint density at radius 2 is 1.97 bits per heavy atom. The number of benzene rings is 1. The molecular formula is C20H18F3N5O. The summed E-state index contributed by atoms with van der Waals surface area (Å²) < 4.78 is 39.9. The Morgan fingerprint density at radius 1 is 1.21 bits per heavy atom. The standard InChI is InChI=1S/C20H18F3N5O/c21-20(22,23)18-8-7-13(10-26-18)11-28-12-16(14-4-1-2-6-17(14)28)27-19(29)15(25)5-3-9-24/h1-10,12H,11,24-25H2,(H,27,29)/b9-3-,15-5-. The van der Waals surface area contributed by atoms with Gasteiger partial charge >= 0.3 is 6.18 Å². The van der Waals surface area contributed by atoms with Gasteiger partial charge in [-0.2, -0.15) is 13.2 Å². The summed E-state index contributed by atoms with van der Waals surface area (Å²) in [7, 11) is 0. The van der Waals surface area contributed by atoms with Crippen LogP contribution in [-0.2, 0) is 17.5 Å². The van der Waals surface area contributed by atoms with E-state index in [0.29, 0.717) is 11.3 Å². The Balaban J connectivity index is 1.89. The van der Waals surface area contributed by atoms with Gasteiger partial charge in [-0.3, -0.25) is 9.78 Å². The molecule has 3 aromatic rings. The summed E-state index contributed by atoms with van der Waals surface area (Å²) in [4.78, 5) is 15.7. The number of aromatic nitrogens is 2. The van der Waals surface area contributed by atoms with Crippen molar-refractivity contribution in [1.82, 2.24) is 9.55 Å². The number of carbonyl (C=O) groups excluding carboxylic acids is 1. The van der Waals surface area contributed by atoms with Gasteiger partial charge in [0.2, 0.25) is 0 Å². The molecule has 0 spiro atoms. The maximum absolute atomic E-state index is 12.7. The van der Waals surface area contributed by atoms with E-state index in [-0.39, 0.29) is 12.2 Å². The predicted octanol–water partition coefficient (Wildman–Crippen LogP) is 3.36. The van der Waals surface area contributed by atoms with Gasteiger partial charge in [-0.05, 0) is 36.0 Å². The van der Waals surface area contributed by atoms with Crippen LogP contribution in [0, 0.1) is 0 Å². The molecule has 150 valence electrons. The molecule has 5 N–H and O–H groups in total. The van der Waals surface area contributed by atoms with E-state index >= 15 is 0 Å². The predicted molar refractivity (Wildman–Crippen MR) is 105 cm³/mol. The second-order valence-corrected chi connectivity index (χ2v) is 6.20. The van der Waals surface area contributed by atoms with Crippen molar-refractivity contribution in [2.75, 3.05) is 5.32 Å². The number of nitrogens with one attached hydrogen (secondary N) is 1. The average molecular weight is 401 g/mol. The molecule has 0 fully saturated rings. The van der Waals surface area contributed by atoms with Crippen LogP contribution in [-0.4, -0.2) is 15.5 Å². The summed E-state index contributed by atoms with van der Waals surface area (Å²) in [5.74, 6) is -0.498. The number of hydrogen-bond acceptors (Lipinski definition) is 4. The summed E-state index contributed by atoms with van der Waals surface area (Å²) in [6, 6.07) is 9.64. The van der Waals surface area contributed by atoms with Gasteiger partial charge in [0.15, 0.2) is 0 Å². The van der Waals surface area contributed by atoms with Crippen molar-refractivity contribution in [2.45, 2.75) is 12.7 Å². The lowest BCUT2D eigenvalue weighted by molar-refractivity contribution is -0.141. The average Bonchev–Trinajstić information content (AvgIpc) is 3.03. The lowest BCUT2D eigenvalue weighted by Gasteiger charge is -2.08. The van der Waals surface area contributed by atoms with Crippen LogP contribution >= 0.6 is 0 Å². The fourth-order valence-corrected chi connectivity index (χ4v) is 2.79. The van der Waals surface area contributed by atoms with Crippen LogP contribution in [0.5, 0.6) is 0 Å². The first-order chi connectivity index (χ1) is 13.8. The van der Waals surface area contributed by atoms with Crippen molar-refractivity contribution in [3.8, 4) is 0 Å². The molecule has 6 nitrogen and oxygen atoms in total. The third kappa shape index (κ3) is 4.57. The summed E-state index contributed by atoms with van der Waals surface area (Å²) in [6.45, 7) is 0.281. The molecule has 0 saturated carbocycles. The van der Waals surface area contributed by atoms with E-state index in [1.807, 2.05) is 28.8 Å². The normalized spacial score (nSPS) is 12.6. The number of rotatable bonds is 5. The highest BCUT2D eigenvalue weighted by atomic mass is 19.4. The molecule has 0 aliphatic carbocycles. The van der Waals surface area contributed by atoms with Crippen molar-refractivity contribution < 1.29 is 18.0 Å². The second-order valence-electron chi connectivity index (χ2n) is 6.20. The number of halogens is 3. The number of hydrogen-bond donors (Lipinski definition) is 3. The highest BCUT2D eigenvalue weighted by Gasteiger charge is 2.32. The summed E-state index contributed by atoms with van der Waals surface area (Å²) in [5, 5.41) is 3.50.